The van der Waals surface area contributed by atoms with Crippen molar-refractivity contribution in [1.82, 2.24) is 0 Å². The largest absolute Gasteiger partial charge is 0.525 e. The Balaban J connectivity index is 1.32. The Morgan fingerprint density at radius 1 is 0.891 bits per heavy atom. The van der Waals surface area contributed by atoms with Crippen molar-refractivity contribution in [2.24, 2.45) is 11.8 Å². The van der Waals surface area contributed by atoms with Crippen LogP contribution in [0.5, 0.6) is 28.7 Å². The number of carbonyl (C=O) groups excluding carboxylic acids is 1. The summed E-state index contributed by atoms with van der Waals surface area (Å²) in [6, 6.07) is 6.47. The van der Waals surface area contributed by atoms with Crippen LogP contribution in [0.25, 0.3) is 0 Å². The van der Waals surface area contributed by atoms with Crippen LogP contribution >= 0.6 is 7.82 Å². The van der Waals surface area contributed by atoms with Gasteiger partial charge in [-0.05, 0) is 47.9 Å². The fourth-order valence-electron chi connectivity index (χ4n) is 6.93. The van der Waals surface area contributed by atoms with Crippen molar-refractivity contribution in [3.8, 4) is 28.7 Å². The SMILES string of the molecule is COc1cc(C2c3cc4c(cc3C(O[C@@H]3O[C@@H]5CO[C@@H](C)O[C@H]5[C@H](O)C3O)[C@H]3COC(=O)[C@H]23)OCO4)cc(OC)c1OP(=O)(O)O. The number of aliphatic hydroxyl groups excluding tert-OH is 2. The van der Waals surface area contributed by atoms with Gasteiger partial charge in [0.1, 0.15) is 24.4 Å². The van der Waals surface area contributed by atoms with Gasteiger partial charge in [0.25, 0.3) is 0 Å². The number of aliphatic hydroxyl groups is 2. The van der Waals surface area contributed by atoms with Crippen LogP contribution in [0.2, 0.25) is 0 Å². The maximum atomic E-state index is 13.5. The number of hydrogen-bond acceptors (Lipinski definition) is 14. The highest BCUT2D eigenvalue weighted by Gasteiger charge is 2.56. The summed E-state index contributed by atoms with van der Waals surface area (Å²) in [4.78, 5) is 32.5. The Kier molecular flexibility index (Phi) is 8.07. The van der Waals surface area contributed by atoms with Crippen LogP contribution in [-0.4, -0.2) is 97.2 Å². The molecule has 0 saturated carbocycles. The summed E-state index contributed by atoms with van der Waals surface area (Å²) >= 11 is 0. The molecular weight excluding hydrogens is 635 g/mol. The molecule has 5 aliphatic rings. The zero-order chi connectivity index (χ0) is 32.5. The lowest BCUT2D eigenvalue weighted by Gasteiger charge is -2.47. The number of cyclic esters (lactones) is 1. The Bertz CT molecular complexity index is 1530. The number of hydrogen-bond donors (Lipinski definition) is 4. The van der Waals surface area contributed by atoms with Crippen LogP contribution in [-0.2, 0) is 33.0 Å². The van der Waals surface area contributed by atoms with E-state index in [1.54, 1.807) is 19.1 Å². The lowest BCUT2D eigenvalue weighted by atomic mass is 9.66. The number of benzene rings is 2. The van der Waals surface area contributed by atoms with Gasteiger partial charge in [0.2, 0.25) is 12.5 Å². The molecule has 2 aromatic rings. The minimum atomic E-state index is -5.00. The average molecular weight is 669 g/mol. The maximum absolute atomic E-state index is 13.5. The van der Waals surface area contributed by atoms with E-state index >= 15 is 0 Å². The second kappa shape index (κ2) is 11.8. The number of methoxy groups -OCH3 is 2. The van der Waals surface area contributed by atoms with E-state index in [9.17, 15) is 29.4 Å². The summed E-state index contributed by atoms with van der Waals surface area (Å²) in [6.45, 7) is 1.72. The van der Waals surface area contributed by atoms with Crippen LogP contribution in [0.3, 0.4) is 0 Å². The van der Waals surface area contributed by atoms with Gasteiger partial charge >= 0.3 is 13.8 Å². The van der Waals surface area contributed by atoms with E-state index in [1.165, 1.54) is 26.4 Å². The molecule has 3 unspecified atom stereocenters. The van der Waals surface area contributed by atoms with Crippen molar-refractivity contribution in [3.05, 3.63) is 41.0 Å². The van der Waals surface area contributed by atoms with Crippen molar-refractivity contribution >= 4 is 13.8 Å². The van der Waals surface area contributed by atoms with Gasteiger partial charge in [0.05, 0.1) is 39.5 Å². The molecule has 7 rings (SSSR count). The summed E-state index contributed by atoms with van der Waals surface area (Å²) < 4.78 is 68.1. The van der Waals surface area contributed by atoms with E-state index in [0.717, 1.165) is 0 Å². The van der Waals surface area contributed by atoms with Crippen molar-refractivity contribution < 1.29 is 76.5 Å². The van der Waals surface area contributed by atoms with Crippen molar-refractivity contribution in [2.75, 3.05) is 34.2 Å². The van der Waals surface area contributed by atoms with E-state index in [2.05, 4.69) is 0 Å². The minimum absolute atomic E-state index is 0.0303. The van der Waals surface area contributed by atoms with Gasteiger partial charge in [-0.15, -0.1) is 0 Å². The maximum Gasteiger partial charge on any atom is 0.525 e. The molecule has 3 saturated heterocycles. The lowest BCUT2D eigenvalue weighted by Crippen LogP contribution is -2.63. The van der Waals surface area contributed by atoms with Crippen molar-refractivity contribution in [2.45, 2.75) is 55.9 Å². The Morgan fingerprint density at radius 3 is 2.22 bits per heavy atom. The summed E-state index contributed by atoms with van der Waals surface area (Å²) in [5.41, 5.74) is 1.65. The van der Waals surface area contributed by atoms with Gasteiger partial charge in [0, 0.05) is 11.8 Å². The Hall–Kier alpha value is -3.18. The number of phosphoric ester groups is 1. The molecule has 16 nitrogen and oxygen atoms in total. The molecule has 0 aromatic heterocycles. The quantitative estimate of drug-likeness (QED) is 0.241. The van der Waals surface area contributed by atoms with Crippen LogP contribution in [0.1, 0.15) is 35.6 Å². The Morgan fingerprint density at radius 2 is 1.57 bits per heavy atom. The minimum Gasteiger partial charge on any atom is -0.493 e. The van der Waals surface area contributed by atoms with Crippen LogP contribution in [0, 0.1) is 11.8 Å². The van der Waals surface area contributed by atoms with E-state index in [0.29, 0.717) is 28.2 Å². The third-order valence-electron chi connectivity index (χ3n) is 8.94. The topological polar surface area (TPSA) is 207 Å². The second-order valence-electron chi connectivity index (χ2n) is 11.6. The fourth-order valence-corrected chi connectivity index (χ4v) is 7.35. The zero-order valence-electron chi connectivity index (χ0n) is 24.8. The van der Waals surface area contributed by atoms with Crippen molar-refractivity contribution in [1.29, 1.82) is 0 Å². The highest BCUT2D eigenvalue weighted by molar-refractivity contribution is 7.46. The van der Waals surface area contributed by atoms with Gasteiger partial charge in [0.15, 0.2) is 35.6 Å². The van der Waals surface area contributed by atoms with E-state index in [4.69, 9.17) is 47.2 Å². The van der Waals surface area contributed by atoms with Gasteiger partial charge < -0.3 is 57.4 Å². The van der Waals surface area contributed by atoms with E-state index in [1.807, 2.05) is 0 Å². The molecule has 3 fully saturated rings. The molecular formula is C29H33O16P. The summed E-state index contributed by atoms with van der Waals surface area (Å²) in [5, 5.41) is 22.0. The molecule has 17 heteroatoms. The second-order valence-corrected chi connectivity index (χ2v) is 12.7. The molecule has 4 heterocycles. The molecule has 4 N–H and O–H groups in total. The number of rotatable bonds is 7. The monoisotopic (exact) mass is 668 g/mol. The Labute approximate surface area is 262 Å². The first-order valence-corrected chi connectivity index (χ1v) is 16.1. The summed E-state index contributed by atoms with van der Waals surface area (Å²) in [7, 11) is -2.40. The van der Waals surface area contributed by atoms with Crippen LogP contribution in [0.15, 0.2) is 24.3 Å². The number of fused-ring (bicyclic) bond motifs is 4. The average Bonchev–Trinajstić information content (AvgIpc) is 3.64. The molecule has 0 bridgehead atoms. The number of ether oxygens (including phenoxy) is 9. The molecule has 1 aliphatic carbocycles. The number of carbonyl (C=O) groups is 1. The predicted octanol–water partition coefficient (Wildman–Crippen LogP) is 1.10. The fraction of sp³-hybridized carbons (Fsp3) is 0.552. The van der Waals surface area contributed by atoms with Gasteiger partial charge in [-0.3, -0.25) is 14.6 Å². The molecule has 0 spiro atoms. The normalized spacial score (nSPS) is 34.6. The van der Waals surface area contributed by atoms with E-state index < -0.39 is 74.6 Å². The molecule has 2 aromatic carbocycles. The highest BCUT2D eigenvalue weighted by Crippen LogP contribution is 2.57. The molecule has 46 heavy (non-hydrogen) atoms. The third-order valence-corrected chi connectivity index (χ3v) is 9.36. The molecule has 0 amide bonds. The van der Waals surface area contributed by atoms with Crippen LogP contribution < -0.4 is 23.5 Å². The lowest BCUT2D eigenvalue weighted by molar-refractivity contribution is -0.364. The molecule has 10 atom stereocenters. The highest BCUT2D eigenvalue weighted by atomic mass is 31.2. The van der Waals surface area contributed by atoms with Crippen LogP contribution in [0.4, 0.5) is 0 Å². The smallest absolute Gasteiger partial charge is 0.493 e. The van der Waals surface area contributed by atoms with Crippen molar-refractivity contribution in [3.63, 3.8) is 0 Å². The first kappa shape index (κ1) is 31.4. The molecule has 250 valence electrons. The number of phosphoric acid groups is 1. The van der Waals surface area contributed by atoms with E-state index in [-0.39, 0.29) is 37.3 Å². The number of esters is 1. The van der Waals surface area contributed by atoms with Gasteiger partial charge in [-0.1, -0.05) is 0 Å². The third kappa shape index (κ3) is 5.37. The first-order chi connectivity index (χ1) is 22.0. The molecule has 4 aliphatic heterocycles. The predicted molar refractivity (Wildman–Crippen MR) is 149 cm³/mol. The molecule has 0 radical (unpaired) electrons. The first-order valence-electron chi connectivity index (χ1n) is 14.5. The zero-order valence-corrected chi connectivity index (χ0v) is 25.7. The summed E-state index contributed by atoms with van der Waals surface area (Å²) in [5.74, 6) is -2.25. The summed E-state index contributed by atoms with van der Waals surface area (Å²) in [6.07, 6.45) is -7.18. The van der Waals surface area contributed by atoms with Gasteiger partial charge in [-0.25, -0.2) is 4.57 Å². The van der Waals surface area contributed by atoms with Gasteiger partial charge in [-0.2, -0.15) is 0 Å². The standard InChI is InChI=1S/C29H33O16P/c1-11-38-9-20-27(42-11)23(30)24(31)29(43-20)44-25-14-7-17-16(40-10-41-17)6-13(14)21(22-15(25)8-39-28(22)32)12-4-18(36-2)26(19(5-12)37-3)45-46(33,34)35/h4-7,11,15,20-25,27,29-31H,8-10H2,1-3H3,(H2,33,34,35)/t11-,15+,20-,21?,22+,23-,24?,25?,27-,29+/m1/s1.